The van der Waals surface area contributed by atoms with Gasteiger partial charge in [-0.1, -0.05) is 13.3 Å². The Balaban J connectivity index is 2.73. The van der Waals surface area contributed by atoms with E-state index in [9.17, 15) is 9.32 Å². The molecule has 0 bridgehead atoms. The van der Waals surface area contributed by atoms with E-state index in [2.05, 4.69) is 6.92 Å². The van der Waals surface area contributed by atoms with Gasteiger partial charge in [0.2, 0.25) is 0 Å². The van der Waals surface area contributed by atoms with Crippen LogP contribution in [0.3, 0.4) is 0 Å². The average Bonchev–Trinajstić information content (AvgIpc) is 2.02. The molecule has 4 atom stereocenters. The Kier molecular flexibility index (Phi) is 3.75. The third-order valence-corrected chi connectivity index (χ3v) is 5.50. The molecular weight excluding hydrogens is 196 g/mol. The van der Waals surface area contributed by atoms with Gasteiger partial charge in [-0.05, 0) is 32.6 Å². The summed E-state index contributed by atoms with van der Waals surface area (Å²) < 4.78 is 11.3. The van der Waals surface area contributed by atoms with Crippen LogP contribution in [0.5, 0.6) is 0 Å². The second-order valence-corrected chi connectivity index (χ2v) is 7.11. The maximum Gasteiger partial charge on any atom is 0.0584 e. The molecule has 1 aliphatic rings. The minimum absolute atomic E-state index is 0.199. The minimum atomic E-state index is -0.865. The van der Waals surface area contributed by atoms with Crippen LogP contribution in [0.25, 0.3) is 0 Å². The van der Waals surface area contributed by atoms with Gasteiger partial charge in [0.05, 0.1) is 6.10 Å². The average molecular weight is 218 g/mol. The fourth-order valence-electron chi connectivity index (χ4n) is 2.37. The number of rotatable bonds is 2. The summed E-state index contributed by atoms with van der Waals surface area (Å²) in [6, 6.07) is 0. The maximum absolute atomic E-state index is 11.6. The summed E-state index contributed by atoms with van der Waals surface area (Å²) in [5.41, 5.74) is 0. The first-order chi connectivity index (χ1) is 6.35. The fourth-order valence-corrected chi connectivity index (χ4v) is 3.08. The van der Waals surface area contributed by atoms with Crippen molar-refractivity contribution in [2.24, 2.45) is 11.8 Å². The van der Waals surface area contributed by atoms with Crippen LogP contribution in [0.15, 0.2) is 0 Å². The molecular formula is C11H22O2S. The number of aliphatic hydroxyl groups excluding tert-OH is 1. The molecule has 1 fully saturated rings. The van der Waals surface area contributed by atoms with Gasteiger partial charge < -0.3 is 5.11 Å². The van der Waals surface area contributed by atoms with E-state index >= 15 is 0 Å². The van der Waals surface area contributed by atoms with Gasteiger partial charge in [0.1, 0.15) is 0 Å². The van der Waals surface area contributed by atoms with E-state index in [0.29, 0.717) is 5.92 Å². The van der Waals surface area contributed by atoms with Crippen molar-refractivity contribution < 1.29 is 9.32 Å². The van der Waals surface area contributed by atoms with Crippen molar-refractivity contribution in [2.75, 3.05) is 6.26 Å². The van der Waals surface area contributed by atoms with Gasteiger partial charge in [-0.2, -0.15) is 0 Å². The smallest absolute Gasteiger partial charge is 0.0584 e. The zero-order valence-electron chi connectivity index (χ0n) is 9.62. The van der Waals surface area contributed by atoms with E-state index in [-0.39, 0.29) is 16.8 Å². The summed E-state index contributed by atoms with van der Waals surface area (Å²) in [6.45, 7) is 6.19. The third kappa shape index (κ3) is 2.37. The summed E-state index contributed by atoms with van der Waals surface area (Å²) >= 11 is 0. The van der Waals surface area contributed by atoms with E-state index in [1.54, 1.807) is 6.26 Å². The SMILES string of the molecule is C[C@@H]1CC[C@@H](C(C)(C)S(C)=O)[C@H](O)C1. The quantitative estimate of drug-likeness (QED) is 0.769. The Morgan fingerprint density at radius 1 is 1.36 bits per heavy atom. The van der Waals surface area contributed by atoms with Gasteiger partial charge in [0.25, 0.3) is 0 Å². The highest BCUT2D eigenvalue weighted by Crippen LogP contribution is 2.37. The lowest BCUT2D eigenvalue weighted by Crippen LogP contribution is -2.45. The highest BCUT2D eigenvalue weighted by molar-refractivity contribution is 7.85. The highest BCUT2D eigenvalue weighted by Gasteiger charge is 2.40. The molecule has 0 amide bonds. The zero-order chi connectivity index (χ0) is 10.9. The highest BCUT2D eigenvalue weighted by atomic mass is 32.2. The van der Waals surface area contributed by atoms with Gasteiger partial charge in [0.15, 0.2) is 0 Å². The lowest BCUT2D eigenvalue weighted by molar-refractivity contribution is 0.0340. The fraction of sp³-hybridized carbons (Fsp3) is 1.00. The molecule has 1 saturated carbocycles. The summed E-state index contributed by atoms with van der Waals surface area (Å²) in [5, 5.41) is 9.99. The van der Waals surface area contributed by atoms with Crippen LogP contribution in [0.2, 0.25) is 0 Å². The second kappa shape index (κ2) is 4.31. The molecule has 0 spiro atoms. The first kappa shape index (κ1) is 12.2. The van der Waals surface area contributed by atoms with Gasteiger partial charge in [0, 0.05) is 27.7 Å². The normalized spacial score (nSPS) is 36.8. The van der Waals surface area contributed by atoms with Crippen molar-refractivity contribution >= 4 is 10.8 Å². The second-order valence-electron chi connectivity index (χ2n) is 5.15. The van der Waals surface area contributed by atoms with Crippen LogP contribution < -0.4 is 0 Å². The molecule has 0 aromatic carbocycles. The Bertz CT molecular complexity index is 225. The molecule has 14 heavy (non-hydrogen) atoms. The molecule has 0 heterocycles. The standard InChI is InChI=1S/C11H22O2S/c1-8-5-6-9(10(12)7-8)11(2,3)14(4)13/h8-10,12H,5-7H2,1-4H3/t8-,9-,10-,14?/m1/s1. The molecule has 0 aromatic rings. The van der Waals surface area contributed by atoms with Crippen molar-refractivity contribution in [3.8, 4) is 0 Å². The van der Waals surface area contributed by atoms with E-state index in [1.807, 2.05) is 13.8 Å². The molecule has 84 valence electrons. The number of aliphatic hydroxyl groups is 1. The first-order valence-corrected chi connectivity index (χ1v) is 6.93. The number of hydrogen-bond acceptors (Lipinski definition) is 2. The Morgan fingerprint density at radius 2 is 1.93 bits per heavy atom. The summed E-state index contributed by atoms with van der Waals surface area (Å²) in [4.78, 5) is 0. The third-order valence-electron chi connectivity index (χ3n) is 3.71. The Labute approximate surface area is 89.6 Å². The molecule has 0 aliphatic heterocycles. The van der Waals surface area contributed by atoms with Crippen LogP contribution in [-0.4, -0.2) is 26.4 Å². The summed E-state index contributed by atoms with van der Waals surface area (Å²) in [7, 11) is -0.865. The Hall–Kier alpha value is 0.110. The van der Waals surface area contributed by atoms with E-state index in [4.69, 9.17) is 0 Å². The summed E-state index contributed by atoms with van der Waals surface area (Å²) in [6.07, 6.45) is 4.51. The largest absolute Gasteiger partial charge is 0.393 e. The number of hydrogen-bond donors (Lipinski definition) is 1. The van der Waals surface area contributed by atoms with Crippen molar-refractivity contribution in [2.45, 2.75) is 50.9 Å². The molecule has 2 nitrogen and oxygen atoms in total. The Morgan fingerprint density at radius 3 is 2.36 bits per heavy atom. The monoisotopic (exact) mass is 218 g/mol. The molecule has 1 aliphatic carbocycles. The molecule has 0 radical (unpaired) electrons. The zero-order valence-corrected chi connectivity index (χ0v) is 10.4. The maximum atomic E-state index is 11.6. The lowest BCUT2D eigenvalue weighted by atomic mass is 9.75. The van der Waals surface area contributed by atoms with Gasteiger partial charge in [-0.25, -0.2) is 0 Å². The van der Waals surface area contributed by atoms with E-state index in [0.717, 1.165) is 19.3 Å². The van der Waals surface area contributed by atoms with Crippen LogP contribution in [0.4, 0.5) is 0 Å². The van der Waals surface area contributed by atoms with Crippen molar-refractivity contribution in [3.05, 3.63) is 0 Å². The van der Waals surface area contributed by atoms with Gasteiger partial charge in [-0.3, -0.25) is 4.21 Å². The van der Waals surface area contributed by atoms with E-state index < -0.39 is 10.8 Å². The summed E-state index contributed by atoms with van der Waals surface area (Å²) in [5.74, 6) is 0.812. The first-order valence-electron chi connectivity index (χ1n) is 5.37. The predicted octanol–water partition coefficient (Wildman–Crippen LogP) is 1.94. The van der Waals surface area contributed by atoms with Crippen molar-refractivity contribution in [1.82, 2.24) is 0 Å². The molecule has 1 rings (SSSR count). The molecule has 0 saturated heterocycles. The molecule has 1 N–H and O–H groups in total. The van der Waals surface area contributed by atoms with Crippen molar-refractivity contribution in [1.29, 1.82) is 0 Å². The molecule has 1 unspecified atom stereocenters. The topological polar surface area (TPSA) is 37.3 Å². The van der Waals surface area contributed by atoms with Crippen LogP contribution in [-0.2, 0) is 10.8 Å². The van der Waals surface area contributed by atoms with Gasteiger partial charge >= 0.3 is 0 Å². The van der Waals surface area contributed by atoms with Crippen LogP contribution >= 0.6 is 0 Å². The minimum Gasteiger partial charge on any atom is -0.393 e. The molecule has 0 aromatic heterocycles. The lowest BCUT2D eigenvalue weighted by Gasteiger charge is -2.40. The van der Waals surface area contributed by atoms with Gasteiger partial charge in [-0.15, -0.1) is 0 Å². The molecule has 3 heteroatoms. The van der Waals surface area contributed by atoms with Crippen LogP contribution in [0, 0.1) is 11.8 Å². The van der Waals surface area contributed by atoms with Crippen LogP contribution in [0.1, 0.15) is 40.0 Å². The van der Waals surface area contributed by atoms with E-state index in [1.165, 1.54) is 0 Å². The van der Waals surface area contributed by atoms with Crippen molar-refractivity contribution in [3.63, 3.8) is 0 Å². The predicted molar refractivity (Wildman–Crippen MR) is 60.7 cm³/mol.